The standard InChI is InChI=1S/C33H35F3N6O2S/c1-20(2)28-15-6-21(3)18-29(28)41-16-17-45-32(41)39-31(43)38-23(5)22(4)24-7-9-25(10-8-24)30-37-19-42(40-30)26-11-13-27(14-12-26)44-33(34,35)36/h6-15,18-20,22-23H,16-17H2,1-5H3,(H,38,43). The number of benzene rings is 3. The monoisotopic (exact) mass is 636 g/mol. The zero-order valence-corrected chi connectivity index (χ0v) is 26.5. The zero-order valence-electron chi connectivity index (χ0n) is 25.7. The number of nitrogens with zero attached hydrogens (tertiary/aromatic N) is 5. The SMILES string of the molecule is Cc1ccc(C(C)C)c(N2CCSC2=NC(=O)NC(C)C(C)c2ccc(-c3ncn(-c4ccc(OC(F)(F)F)cc4)n3)cc2)c1. The molecule has 1 aromatic heterocycles. The van der Waals surface area contributed by atoms with Crippen LogP contribution in [0.15, 0.2) is 78.0 Å². The van der Waals surface area contributed by atoms with Crippen LogP contribution < -0.4 is 15.0 Å². The molecule has 1 aliphatic rings. The van der Waals surface area contributed by atoms with Gasteiger partial charge >= 0.3 is 12.4 Å². The average molecular weight is 637 g/mol. The molecule has 2 unspecified atom stereocenters. The van der Waals surface area contributed by atoms with Gasteiger partial charge in [0.15, 0.2) is 11.0 Å². The minimum atomic E-state index is -4.75. The lowest BCUT2D eigenvalue weighted by Gasteiger charge is -2.24. The molecular formula is C33H35F3N6O2S. The Balaban J connectivity index is 1.22. The van der Waals surface area contributed by atoms with Gasteiger partial charge in [-0.05, 0) is 66.8 Å². The Morgan fingerprint density at radius 3 is 2.40 bits per heavy atom. The van der Waals surface area contributed by atoms with E-state index in [1.807, 2.05) is 38.1 Å². The Labute approximate surface area is 264 Å². The smallest absolute Gasteiger partial charge is 0.406 e. The highest BCUT2D eigenvalue weighted by Gasteiger charge is 2.31. The van der Waals surface area contributed by atoms with Crippen molar-refractivity contribution in [2.75, 3.05) is 17.2 Å². The Hall–Kier alpha value is -4.32. The summed E-state index contributed by atoms with van der Waals surface area (Å²) in [5, 5.41) is 8.22. The van der Waals surface area contributed by atoms with Crippen LogP contribution in [0.1, 0.15) is 56.2 Å². The number of halogens is 3. The number of alkyl halides is 3. The lowest BCUT2D eigenvalue weighted by Crippen LogP contribution is -2.36. The highest BCUT2D eigenvalue weighted by molar-refractivity contribution is 8.14. The second kappa shape index (κ2) is 13.4. The molecule has 0 saturated carbocycles. The lowest BCUT2D eigenvalue weighted by atomic mass is 9.93. The van der Waals surface area contributed by atoms with Crippen molar-refractivity contribution in [3.05, 3.63) is 89.7 Å². The van der Waals surface area contributed by atoms with Crippen LogP contribution in [0.2, 0.25) is 0 Å². The van der Waals surface area contributed by atoms with E-state index in [1.54, 1.807) is 11.8 Å². The third-order valence-electron chi connectivity index (χ3n) is 7.70. The molecular weight excluding hydrogens is 601 g/mol. The van der Waals surface area contributed by atoms with E-state index >= 15 is 0 Å². The summed E-state index contributed by atoms with van der Waals surface area (Å²) in [6, 6.07) is 19.0. The van der Waals surface area contributed by atoms with Crippen molar-refractivity contribution in [3.8, 4) is 22.8 Å². The largest absolute Gasteiger partial charge is 0.573 e. The third kappa shape index (κ3) is 7.86. The molecule has 45 heavy (non-hydrogen) atoms. The number of amides is 2. The Morgan fingerprint density at radius 2 is 1.73 bits per heavy atom. The van der Waals surface area contributed by atoms with Crippen molar-refractivity contribution < 1.29 is 22.7 Å². The number of amidine groups is 1. The summed E-state index contributed by atoms with van der Waals surface area (Å²) in [6.45, 7) is 11.2. The van der Waals surface area contributed by atoms with Crippen LogP contribution in [0, 0.1) is 6.92 Å². The molecule has 236 valence electrons. The molecule has 12 heteroatoms. The predicted molar refractivity (Wildman–Crippen MR) is 172 cm³/mol. The fourth-order valence-corrected chi connectivity index (χ4v) is 6.03. The third-order valence-corrected chi connectivity index (χ3v) is 8.65. The molecule has 1 N–H and O–H groups in total. The van der Waals surface area contributed by atoms with E-state index in [0.717, 1.165) is 29.1 Å². The predicted octanol–water partition coefficient (Wildman–Crippen LogP) is 8.08. The molecule has 1 fully saturated rings. The molecule has 0 spiro atoms. The van der Waals surface area contributed by atoms with Crippen molar-refractivity contribution in [2.24, 2.45) is 4.99 Å². The Morgan fingerprint density at radius 1 is 1.02 bits per heavy atom. The van der Waals surface area contributed by atoms with Gasteiger partial charge in [0.1, 0.15) is 12.1 Å². The van der Waals surface area contributed by atoms with Gasteiger partial charge in [-0.1, -0.05) is 68.9 Å². The van der Waals surface area contributed by atoms with Gasteiger partial charge in [0.2, 0.25) is 0 Å². The van der Waals surface area contributed by atoms with Crippen molar-refractivity contribution in [3.63, 3.8) is 0 Å². The molecule has 1 saturated heterocycles. The summed E-state index contributed by atoms with van der Waals surface area (Å²) >= 11 is 1.59. The van der Waals surface area contributed by atoms with E-state index in [2.05, 4.69) is 69.0 Å². The molecule has 0 radical (unpaired) electrons. The Kier molecular flexibility index (Phi) is 9.52. The number of hydrogen-bond donors (Lipinski definition) is 1. The zero-order chi connectivity index (χ0) is 32.3. The molecule has 3 aromatic carbocycles. The van der Waals surface area contributed by atoms with E-state index in [1.165, 1.54) is 46.4 Å². The summed E-state index contributed by atoms with van der Waals surface area (Å²) in [7, 11) is 0. The van der Waals surface area contributed by atoms with Gasteiger partial charge in [-0.25, -0.2) is 14.5 Å². The molecule has 5 rings (SSSR count). The highest BCUT2D eigenvalue weighted by atomic mass is 32.2. The number of aromatic nitrogens is 3. The molecule has 2 amide bonds. The molecule has 4 aromatic rings. The molecule has 2 heterocycles. The van der Waals surface area contributed by atoms with E-state index in [9.17, 15) is 18.0 Å². The maximum absolute atomic E-state index is 13.0. The number of ether oxygens (including phenoxy) is 1. The molecule has 1 aliphatic heterocycles. The summed E-state index contributed by atoms with van der Waals surface area (Å²) in [5.74, 6) is 1.38. The summed E-state index contributed by atoms with van der Waals surface area (Å²) in [6.07, 6.45) is -3.25. The van der Waals surface area contributed by atoms with E-state index in [-0.39, 0.29) is 23.7 Å². The fourth-order valence-electron chi connectivity index (χ4n) is 5.08. The van der Waals surface area contributed by atoms with Crippen LogP contribution in [-0.2, 0) is 0 Å². The van der Waals surface area contributed by atoms with Crippen molar-refractivity contribution in [2.45, 2.75) is 58.9 Å². The molecule has 2 atom stereocenters. The van der Waals surface area contributed by atoms with Crippen LogP contribution in [0.5, 0.6) is 5.75 Å². The van der Waals surface area contributed by atoms with Gasteiger partial charge in [-0.3, -0.25) is 0 Å². The van der Waals surface area contributed by atoms with Gasteiger partial charge in [0.05, 0.1) is 5.69 Å². The summed E-state index contributed by atoms with van der Waals surface area (Å²) < 4.78 is 42.7. The number of hydrogen-bond acceptors (Lipinski definition) is 5. The molecule has 8 nitrogen and oxygen atoms in total. The number of nitrogens with one attached hydrogen (secondary N) is 1. The van der Waals surface area contributed by atoms with Gasteiger partial charge < -0.3 is 15.0 Å². The number of aryl methyl sites for hydroxylation is 1. The number of anilines is 1. The Bertz CT molecular complexity index is 1670. The van der Waals surface area contributed by atoms with Crippen molar-refractivity contribution in [1.82, 2.24) is 20.1 Å². The number of carbonyl (C=O) groups excluding carboxylic acids is 1. The number of aliphatic imine (C=N–C) groups is 1. The number of thioether (sulfide) groups is 1. The van der Waals surface area contributed by atoms with E-state index < -0.39 is 6.36 Å². The summed E-state index contributed by atoms with van der Waals surface area (Å²) in [4.78, 5) is 24.0. The highest BCUT2D eigenvalue weighted by Crippen LogP contribution is 2.34. The number of carbonyl (C=O) groups is 1. The van der Waals surface area contributed by atoms with Crippen LogP contribution in [0.25, 0.3) is 17.1 Å². The first-order chi connectivity index (χ1) is 21.4. The summed E-state index contributed by atoms with van der Waals surface area (Å²) in [5.41, 5.74) is 5.85. The number of urea groups is 1. The maximum atomic E-state index is 13.0. The first-order valence-corrected chi connectivity index (χ1v) is 15.6. The average Bonchev–Trinajstić information content (AvgIpc) is 3.66. The van der Waals surface area contributed by atoms with E-state index in [0.29, 0.717) is 22.6 Å². The quantitative estimate of drug-likeness (QED) is 0.211. The van der Waals surface area contributed by atoms with Gasteiger partial charge in [-0.2, -0.15) is 4.99 Å². The number of rotatable bonds is 8. The second-order valence-corrected chi connectivity index (χ2v) is 12.4. The van der Waals surface area contributed by atoms with Crippen LogP contribution >= 0.6 is 11.8 Å². The fraction of sp³-hybridized carbons (Fsp3) is 0.333. The van der Waals surface area contributed by atoms with Crippen LogP contribution in [0.4, 0.5) is 23.7 Å². The second-order valence-electron chi connectivity index (χ2n) is 11.3. The topological polar surface area (TPSA) is 84.6 Å². The van der Waals surface area contributed by atoms with Crippen molar-refractivity contribution >= 4 is 28.6 Å². The van der Waals surface area contributed by atoms with Gasteiger partial charge in [-0.15, -0.1) is 18.3 Å². The van der Waals surface area contributed by atoms with Gasteiger partial charge in [0.25, 0.3) is 0 Å². The molecule has 0 aliphatic carbocycles. The van der Waals surface area contributed by atoms with Crippen LogP contribution in [0.3, 0.4) is 0 Å². The van der Waals surface area contributed by atoms with E-state index in [4.69, 9.17) is 0 Å². The minimum Gasteiger partial charge on any atom is -0.406 e. The maximum Gasteiger partial charge on any atom is 0.573 e. The van der Waals surface area contributed by atoms with Crippen LogP contribution in [-0.4, -0.2) is 50.7 Å². The first-order valence-electron chi connectivity index (χ1n) is 14.7. The minimum absolute atomic E-state index is 0.00259. The van der Waals surface area contributed by atoms with Crippen molar-refractivity contribution in [1.29, 1.82) is 0 Å². The first kappa shape index (κ1) is 32.1. The lowest BCUT2D eigenvalue weighted by molar-refractivity contribution is -0.274. The molecule has 0 bridgehead atoms. The van der Waals surface area contributed by atoms with Gasteiger partial charge in [0, 0.05) is 35.5 Å². The normalized spacial score (nSPS) is 15.8.